The van der Waals surface area contributed by atoms with E-state index in [-0.39, 0.29) is 5.97 Å². The van der Waals surface area contributed by atoms with Gasteiger partial charge in [0.2, 0.25) is 0 Å². The first-order valence-electron chi connectivity index (χ1n) is 8.15. The number of fused-ring (bicyclic) bond motifs is 1. The molecule has 1 aromatic carbocycles. The van der Waals surface area contributed by atoms with Crippen LogP contribution in [0.4, 0.5) is 10.7 Å². The van der Waals surface area contributed by atoms with E-state index in [2.05, 4.69) is 17.6 Å². The van der Waals surface area contributed by atoms with Crippen molar-refractivity contribution in [2.24, 2.45) is 5.92 Å². The Hall–Kier alpha value is -1.34. The van der Waals surface area contributed by atoms with Crippen LogP contribution in [0.25, 0.3) is 0 Å². The maximum absolute atomic E-state index is 12.3. The highest BCUT2D eigenvalue weighted by Gasteiger charge is 2.28. The first kappa shape index (κ1) is 19.4. The van der Waals surface area contributed by atoms with E-state index >= 15 is 0 Å². The van der Waals surface area contributed by atoms with Crippen LogP contribution in [-0.2, 0) is 17.6 Å². The average Bonchev–Trinajstić information content (AvgIpc) is 2.94. The quantitative estimate of drug-likeness (QED) is 0.479. The smallest absolute Gasteiger partial charge is 0.341 e. The van der Waals surface area contributed by atoms with Crippen molar-refractivity contribution in [1.29, 1.82) is 0 Å². The largest absolute Gasteiger partial charge is 0.465 e. The van der Waals surface area contributed by atoms with E-state index in [9.17, 15) is 4.79 Å². The topological polar surface area (TPSA) is 50.4 Å². The second-order valence-electron chi connectivity index (χ2n) is 6.26. The van der Waals surface area contributed by atoms with Gasteiger partial charge in [0.05, 0.1) is 22.7 Å². The molecule has 0 spiro atoms. The first-order valence-corrected chi connectivity index (χ1v) is 10.1. The van der Waals surface area contributed by atoms with E-state index in [0.717, 1.165) is 24.8 Å². The third-order valence-electron chi connectivity index (χ3n) is 4.31. The van der Waals surface area contributed by atoms with Crippen molar-refractivity contribution in [1.82, 2.24) is 0 Å². The van der Waals surface area contributed by atoms with Gasteiger partial charge in [0.25, 0.3) is 0 Å². The molecule has 26 heavy (non-hydrogen) atoms. The Morgan fingerprint density at radius 3 is 2.77 bits per heavy atom. The number of carbonyl (C=O) groups is 1. The lowest BCUT2D eigenvalue weighted by Crippen LogP contribution is -2.20. The minimum Gasteiger partial charge on any atom is -0.465 e. The Morgan fingerprint density at radius 1 is 1.31 bits per heavy atom. The van der Waals surface area contributed by atoms with Gasteiger partial charge in [-0.25, -0.2) is 4.79 Å². The molecule has 0 saturated carbocycles. The van der Waals surface area contributed by atoms with Crippen molar-refractivity contribution in [2.75, 3.05) is 17.7 Å². The van der Waals surface area contributed by atoms with E-state index < -0.39 is 0 Å². The fraction of sp³-hybridized carbons (Fsp3) is 0.333. The van der Waals surface area contributed by atoms with E-state index in [4.69, 9.17) is 40.2 Å². The molecule has 138 valence electrons. The summed E-state index contributed by atoms with van der Waals surface area (Å²) >= 11 is 18.9. The second-order valence-corrected chi connectivity index (χ2v) is 8.58. The number of hydrogen-bond donors (Lipinski definition) is 2. The summed E-state index contributed by atoms with van der Waals surface area (Å²) in [6.45, 7) is 2.23. The highest BCUT2D eigenvalue weighted by atomic mass is 35.5. The Morgan fingerprint density at radius 2 is 2.08 bits per heavy atom. The first-order chi connectivity index (χ1) is 12.4. The Kier molecular flexibility index (Phi) is 6.07. The fourth-order valence-corrected chi connectivity index (χ4v) is 4.98. The van der Waals surface area contributed by atoms with Gasteiger partial charge in [-0.05, 0) is 61.2 Å². The number of rotatable bonds is 3. The molecule has 2 aromatic rings. The number of esters is 1. The molecule has 1 heterocycles. The molecular weight excluding hydrogens is 411 g/mol. The summed E-state index contributed by atoms with van der Waals surface area (Å²) in [5.41, 5.74) is 2.39. The van der Waals surface area contributed by atoms with Gasteiger partial charge < -0.3 is 15.4 Å². The van der Waals surface area contributed by atoms with E-state index in [1.54, 1.807) is 29.5 Å². The zero-order valence-corrected chi connectivity index (χ0v) is 17.5. The van der Waals surface area contributed by atoms with Crippen molar-refractivity contribution in [3.8, 4) is 0 Å². The standard InChI is InChI=1S/C18H18Cl2N2O2S2/c1-9-3-5-11-14(7-9)26-16(15(11)17(23)24-2)22-18(25)21-10-4-6-12(19)13(20)8-10/h4,6,8-9H,3,5,7H2,1-2H3,(H2,21,22,25). The van der Waals surface area contributed by atoms with Crippen LogP contribution in [0.2, 0.25) is 10.0 Å². The van der Waals surface area contributed by atoms with Crippen LogP contribution in [0.3, 0.4) is 0 Å². The average molecular weight is 429 g/mol. The van der Waals surface area contributed by atoms with E-state index in [1.165, 1.54) is 12.0 Å². The maximum Gasteiger partial charge on any atom is 0.341 e. The fourth-order valence-electron chi connectivity index (χ4n) is 3.00. The number of nitrogens with one attached hydrogen (secondary N) is 2. The third-order valence-corrected chi connectivity index (χ3v) is 6.42. The van der Waals surface area contributed by atoms with Crippen LogP contribution in [-0.4, -0.2) is 18.2 Å². The monoisotopic (exact) mass is 428 g/mol. The van der Waals surface area contributed by atoms with Gasteiger partial charge in [0.15, 0.2) is 5.11 Å². The van der Waals surface area contributed by atoms with Crippen molar-refractivity contribution >= 4 is 68.5 Å². The van der Waals surface area contributed by atoms with Crippen LogP contribution < -0.4 is 10.6 Å². The number of hydrogen-bond acceptors (Lipinski definition) is 4. The number of thiophene rings is 1. The summed E-state index contributed by atoms with van der Waals surface area (Å²) < 4.78 is 4.99. The van der Waals surface area contributed by atoms with Crippen LogP contribution in [0.5, 0.6) is 0 Å². The molecule has 1 aromatic heterocycles. The molecule has 0 amide bonds. The molecule has 0 radical (unpaired) electrons. The highest BCUT2D eigenvalue weighted by Crippen LogP contribution is 2.40. The van der Waals surface area contributed by atoms with Crippen LogP contribution >= 0.6 is 46.8 Å². The second kappa shape index (κ2) is 8.13. The number of carbonyl (C=O) groups excluding carboxylic acids is 1. The predicted molar refractivity (Wildman–Crippen MR) is 113 cm³/mol. The van der Waals surface area contributed by atoms with Gasteiger partial charge >= 0.3 is 5.97 Å². The zero-order chi connectivity index (χ0) is 18.8. The van der Waals surface area contributed by atoms with Gasteiger partial charge in [-0.2, -0.15) is 0 Å². The molecule has 0 aliphatic heterocycles. The summed E-state index contributed by atoms with van der Waals surface area (Å²) in [7, 11) is 1.40. The molecule has 3 rings (SSSR count). The van der Waals surface area contributed by atoms with E-state index in [0.29, 0.717) is 37.3 Å². The van der Waals surface area contributed by atoms with Crippen molar-refractivity contribution in [3.63, 3.8) is 0 Å². The molecule has 0 fully saturated rings. The molecule has 1 unspecified atom stereocenters. The Bertz CT molecular complexity index is 867. The van der Waals surface area contributed by atoms with Crippen LogP contribution in [0, 0.1) is 5.92 Å². The molecule has 1 aliphatic rings. The molecule has 0 saturated heterocycles. The minimum absolute atomic E-state index is 0.336. The maximum atomic E-state index is 12.3. The summed E-state index contributed by atoms with van der Waals surface area (Å²) in [6, 6.07) is 5.17. The van der Waals surface area contributed by atoms with Crippen molar-refractivity contribution in [2.45, 2.75) is 26.2 Å². The number of anilines is 2. The summed E-state index contributed by atoms with van der Waals surface area (Å²) in [6.07, 6.45) is 2.92. The number of halogens is 2. The van der Waals surface area contributed by atoms with Crippen molar-refractivity contribution < 1.29 is 9.53 Å². The molecule has 1 aliphatic carbocycles. The number of benzene rings is 1. The van der Waals surface area contributed by atoms with Gasteiger partial charge in [-0.3, -0.25) is 0 Å². The predicted octanol–water partition coefficient (Wildman–Crippen LogP) is 5.78. The van der Waals surface area contributed by atoms with Crippen LogP contribution in [0.15, 0.2) is 18.2 Å². The van der Waals surface area contributed by atoms with Gasteiger partial charge in [-0.1, -0.05) is 30.1 Å². The molecule has 2 N–H and O–H groups in total. The van der Waals surface area contributed by atoms with E-state index in [1.807, 2.05) is 0 Å². The van der Waals surface area contributed by atoms with Crippen LogP contribution in [0.1, 0.15) is 34.1 Å². The number of methoxy groups -OCH3 is 1. The Balaban J connectivity index is 1.83. The highest BCUT2D eigenvalue weighted by molar-refractivity contribution is 7.80. The lowest BCUT2D eigenvalue weighted by atomic mass is 9.88. The van der Waals surface area contributed by atoms with Gasteiger partial charge in [-0.15, -0.1) is 11.3 Å². The number of ether oxygens (including phenoxy) is 1. The molecule has 8 heteroatoms. The van der Waals surface area contributed by atoms with Gasteiger partial charge in [0.1, 0.15) is 5.00 Å². The normalized spacial score (nSPS) is 15.9. The van der Waals surface area contributed by atoms with Gasteiger partial charge in [0, 0.05) is 10.6 Å². The summed E-state index contributed by atoms with van der Waals surface area (Å²) in [4.78, 5) is 13.5. The van der Waals surface area contributed by atoms with Crippen molar-refractivity contribution in [3.05, 3.63) is 44.2 Å². The minimum atomic E-state index is -0.336. The SMILES string of the molecule is COC(=O)c1c(NC(=S)Nc2ccc(Cl)c(Cl)c2)sc2c1CCC(C)C2. The number of thiocarbonyl (C=S) groups is 1. The molecule has 0 bridgehead atoms. The Labute approximate surface area is 171 Å². The third kappa shape index (κ3) is 4.14. The molecule has 1 atom stereocenters. The molecule has 4 nitrogen and oxygen atoms in total. The lowest BCUT2D eigenvalue weighted by Gasteiger charge is -2.18. The summed E-state index contributed by atoms with van der Waals surface area (Å²) in [5, 5.41) is 8.21. The summed E-state index contributed by atoms with van der Waals surface area (Å²) in [5.74, 6) is 0.276. The zero-order valence-electron chi connectivity index (χ0n) is 14.3. The molecular formula is C18H18Cl2N2O2S2. The lowest BCUT2D eigenvalue weighted by molar-refractivity contribution is 0.0601.